The summed E-state index contributed by atoms with van der Waals surface area (Å²) in [4.78, 5) is 11.1. The van der Waals surface area contributed by atoms with Crippen molar-refractivity contribution in [1.82, 2.24) is 0 Å². The van der Waals surface area contributed by atoms with Crippen LogP contribution < -0.4 is 11.1 Å². The van der Waals surface area contributed by atoms with Gasteiger partial charge in [0, 0.05) is 23.5 Å². The average Bonchev–Trinajstić information content (AvgIpc) is 2.14. The fourth-order valence-electron chi connectivity index (χ4n) is 1.18. The monoisotopic (exact) mass is 190 g/mol. The molecular formula is C11H14N2O. The minimum atomic E-state index is -0.0160. The van der Waals surface area contributed by atoms with E-state index in [1.807, 2.05) is 6.07 Å². The Kier molecular flexibility index (Phi) is 3.29. The van der Waals surface area contributed by atoms with E-state index in [0.717, 1.165) is 5.69 Å². The summed E-state index contributed by atoms with van der Waals surface area (Å²) in [5.41, 5.74) is 7.67. The zero-order valence-corrected chi connectivity index (χ0v) is 8.21. The first-order valence-corrected chi connectivity index (χ1v) is 4.40. The Morgan fingerprint density at radius 3 is 2.86 bits per heavy atom. The Bertz CT molecular complexity index is 358. The number of nitrogens with one attached hydrogen (secondary N) is 1. The van der Waals surface area contributed by atoms with Crippen LogP contribution >= 0.6 is 0 Å². The lowest BCUT2D eigenvalue weighted by molar-refractivity contribution is 0.101. The fraction of sp³-hybridized carbons (Fsp3) is 0.182. The van der Waals surface area contributed by atoms with E-state index in [9.17, 15) is 4.79 Å². The molecule has 0 fully saturated rings. The largest absolute Gasteiger partial charge is 0.398 e. The number of hydrogen-bond acceptors (Lipinski definition) is 3. The smallest absolute Gasteiger partial charge is 0.161 e. The van der Waals surface area contributed by atoms with Crippen LogP contribution in [0.4, 0.5) is 11.4 Å². The zero-order valence-electron chi connectivity index (χ0n) is 8.21. The molecule has 0 saturated carbocycles. The molecule has 14 heavy (non-hydrogen) atoms. The molecule has 1 aromatic rings. The highest BCUT2D eigenvalue weighted by Gasteiger charge is 2.04. The summed E-state index contributed by atoms with van der Waals surface area (Å²) < 4.78 is 0. The summed E-state index contributed by atoms with van der Waals surface area (Å²) in [5.74, 6) is -0.0160. The van der Waals surface area contributed by atoms with Gasteiger partial charge in [0.05, 0.1) is 0 Å². The number of carbonyl (C=O) groups is 1. The molecular weight excluding hydrogens is 176 g/mol. The Morgan fingerprint density at radius 2 is 2.36 bits per heavy atom. The quantitative estimate of drug-likeness (QED) is 0.434. The molecule has 0 heterocycles. The molecule has 0 amide bonds. The molecule has 0 aliphatic rings. The molecule has 0 atom stereocenters. The minimum absolute atomic E-state index is 0.0160. The van der Waals surface area contributed by atoms with Crippen LogP contribution in [0.2, 0.25) is 0 Å². The van der Waals surface area contributed by atoms with Crippen LogP contribution in [0.3, 0.4) is 0 Å². The molecule has 0 saturated heterocycles. The highest BCUT2D eigenvalue weighted by molar-refractivity contribution is 5.99. The molecule has 0 spiro atoms. The third-order valence-electron chi connectivity index (χ3n) is 1.88. The van der Waals surface area contributed by atoms with E-state index < -0.39 is 0 Å². The van der Waals surface area contributed by atoms with E-state index in [2.05, 4.69) is 11.9 Å². The normalized spacial score (nSPS) is 9.50. The first kappa shape index (κ1) is 10.3. The van der Waals surface area contributed by atoms with E-state index in [-0.39, 0.29) is 5.78 Å². The van der Waals surface area contributed by atoms with Crippen molar-refractivity contribution in [3.63, 3.8) is 0 Å². The molecule has 0 bridgehead atoms. The van der Waals surface area contributed by atoms with Gasteiger partial charge in [-0.3, -0.25) is 4.79 Å². The Morgan fingerprint density at radius 1 is 1.64 bits per heavy atom. The van der Waals surface area contributed by atoms with E-state index in [1.54, 1.807) is 18.2 Å². The molecule has 3 heteroatoms. The number of rotatable bonds is 4. The van der Waals surface area contributed by atoms with E-state index in [4.69, 9.17) is 5.73 Å². The van der Waals surface area contributed by atoms with Crippen LogP contribution in [-0.2, 0) is 0 Å². The summed E-state index contributed by atoms with van der Waals surface area (Å²) in [5, 5.41) is 3.09. The SMILES string of the molecule is C=CCNc1ccc(C(C)=O)c(N)c1. The van der Waals surface area contributed by atoms with Gasteiger partial charge in [0.15, 0.2) is 5.78 Å². The van der Waals surface area contributed by atoms with Crippen LogP contribution in [-0.4, -0.2) is 12.3 Å². The predicted octanol–water partition coefficient (Wildman–Crippen LogP) is 2.07. The maximum Gasteiger partial charge on any atom is 0.161 e. The van der Waals surface area contributed by atoms with Crippen molar-refractivity contribution in [3.8, 4) is 0 Å². The van der Waals surface area contributed by atoms with Gasteiger partial charge < -0.3 is 11.1 Å². The molecule has 74 valence electrons. The Balaban J connectivity index is 2.88. The molecule has 0 aliphatic carbocycles. The van der Waals surface area contributed by atoms with Crippen molar-refractivity contribution < 1.29 is 4.79 Å². The van der Waals surface area contributed by atoms with E-state index >= 15 is 0 Å². The van der Waals surface area contributed by atoms with Gasteiger partial charge in [0.2, 0.25) is 0 Å². The summed E-state index contributed by atoms with van der Waals surface area (Å²) in [6, 6.07) is 5.31. The van der Waals surface area contributed by atoms with Gasteiger partial charge in [0.1, 0.15) is 0 Å². The summed E-state index contributed by atoms with van der Waals surface area (Å²) >= 11 is 0. The van der Waals surface area contributed by atoms with E-state index in [0.29, 0.717) is 17.8 Å². The van der Waals surface area contributed by atoms with Crippen LogP contribution in [0.5, 0.6) is 0 Å². The second-order valence-corrected chi connectivity index (χ2v) is 3.03. The van der Waals surface area contributed by atoms with Gasteiger partial charge in [-0.15, -0.1) is 6.58 Å². The first-order chi connectivity index (χ1) is 6.65. The maximum absolute atomic E-state index is 11.1. The Labute approximate surface area is 83.6 Å². The molecule has 0 aliphatic heterocycles. The minimum Gasteiger partial charge on any atom is -0.398 e. The lowest BCUT2D eigenvalue weighted by Crippen LogP contribution is -2.02. The maximum atomic E-state index is 11.1. The number of benzene rings is 1. The van der Waals surface area contributed by atoms with Crippen molar-refractivity contribution in [2.45, 2.75) is 6.92 Å². The van der Waals surface area contributed by atoms with Gasteiger partial charge in [-0.1, -0.05) is 6.08 Å². The van der Waals surface area contributed by atoms with Gasteiger partial charge in [-0.2, -0.15) is 0 Å². The lowest BCUT2D eigenvalue weighted by Gasteiger charge is -2.06. The third kappa shape index (κ3) is 2.36. The van der Waals surface area contributed by atoms with Crippen molar-refractivity contribution in [2.75, 3.05) is 17.6 Å². The number of nitrogen functional groups attached to an aromatic ring is 1. The van der Waals surface area contributed by atoms with Crippen molar-refractivity contribution in [3.05, 3.63) is 36.4 Å². The van der Waals surface area contributed by atoms with Crippen LogP contribution in [0.25, 0.3) is 0 Å². The zero-order chi connectivity index (χ0) is 10.6. The standard InChI is InChI=1S/C11H14N2O/c1-3-6-13-9-4-5-10(8(2)14)11(12)7-9/h3-5,7,13H,1,6,12H2,2H3. The molecule has 1 rings (SSSR count). The predicted molar refractivity (Wildman–Crippen MR) is 59.5 cm³/mol. The van der Waals surface area contributed by atoms with Gasteiger partial charge in [-0.05, 0) is 25.1 Å². The Hall–Kier alpha value is -1.77. The third-order valence-corrected chi connectivity index (χ3v) is 1.88. The summed E-state index contributed by atoms with van der Waals surface area (Å²) in [7, 11) is 0. The number of ketones is 1. The number of anilines is 2. The molecule has 1 aromatic carbocycles. The second kappa shape index (κ2) is 4.46. The van der Waals surface area contributed by atoms with E-state index in [1.165, 1.54) is 6.92 Å². The van der Waals surface area contributed by atoms with Crippen molar-refractivity contribution in [1.29, 1.82) is 0 Å². The van der Waals surface area contributed by atoms with Crippen LogP contribution in [0, 0.1) is 0 Å². The van der Waals surface area contributed by atoms with Crippen LogP contribution in [0.1, 0.15) is 17.3 Å². The molecule has 3 nitrogen and oxygen atoms in total. The molecule has 0 radical (unpaired) electrons. The highest BCUT2D eigenvalue weighted by atomic mass is 16.1. The first-order valence-electron chi connectivity index (χ1n) is 4.40. The molecule has 0 unspecified atom stereocenters. The van der Waals surface area contributed by atoms with Crippen molar-refractivity contribution >= 4 is 17.2 Å². The van der Waals surface area contributed by atoms with Crippen molar-refractivity contribution in [2.24, 2.45) is 0 Å². The number of hydrogen-bond donors (Lipinski definition) is 2. The topological polar surface area (TPSA) is 55.1 Å². The summed E-state index contributed by atoms with van der Waals surface area (Å²) in [6.07, 6.45) is 1.76. The fourth-order valence-corrected chi connectivity index (χ4v) is 1.18. The second-order valence-electron chi connectivity index (χ2n) is 3.03. The molecule has 0 aromatic heterocycles. The number of carbonyl (C=O) groups excluding carboxylic acids is 1. The lowest BCUT2D eigenvalue weighted by atomic mass is 10.1. The molecule has 3 N–H and O–H groups in total. The number of nitrogens with two attached hydrogens (primary N) is 1. The van der Waals surface area contributed by atoms with Crippen LogP contribution in [0.15, 0.2) is 30.9 Å². The summed E-state index contributed by atoms with van der Waals surface area (Å²) in [6.45, 7) is 5.78. The highest BCUT2D eigenvalue weighted by Crippen LogP contribution is 2.18. The van der Waals surface area contributed by atoms with Gasteiger partial charge in [-0.25, -0.2) is 0 Å². The van der Waals surface area contributed by atoms with Gasteiger partial charge >= 0.3 is 0 Å². The van der Waals surface area contributed by atoms with Gasteiger partial charge in [0.25, 0.3) is 0 Å². The number of Topliss-reactive ketones (excluding diaryl/α,β-unsaturated/α-hetero) is 1. The average molecular weight is 190 g/mol.